The topological polar surface area (TPSA) is 106 Å². The zero-order valence-corrected chi connectivity index (χ0v) is 12.5. The summed E-state index contributed by atoms with van der Waals surface area (Å²) in [7, 11) is 0. The molecule has 3 heterocycles. The van der Waals surface area contributed by atoms with Crippen LogP contribution in [0.4, 0.5) is 5.82 Å². The molecule has 0 saturated carbocycles. The molecule has 3 rings (SSSR count). The molecular formula is C14H15ClN4O3. The van der Waals surface area contributed by atoms with Crippen LogP contribution in [0.25, 0.3) is 11.0 Å². The van der Waals surface area contributed by atoms with Gasteiger partial charge in [0.2, 0.25) is 0 Å². The number of aliphatic hydroxyl groups is 2. The lowest BCUT2D eigenvalue weighted by Gasteiger charge is -2.26. The molecule has 2 aromatic rings. The second kappa shape index (κ2) is 5.11. The predicted molar refractivity (Wildman–Crippen MR) is 81.1 cm³/mol. The molecule has 22 heavy (non-hydrogen) atoms. The lowest BCUT2D eigenvalue weighted by Crippen LogP contribution is -2.39. The number of nitrogens with two attached hydrogens (primary N) is 1. The van der Waals surface area contributed by atoms with Gasteiger partial charge in [-0.2, -0.15) is 0 Å². The summed E-state index contributed by atoms with van der Waals surface area (Å²) in [5, 5.41) is 20.1. The number of nitrogen functional groups attached to an aromatic ring is 1. The molecule has 0 aliphatic carbocycles. The molecule has 0 radical (unpaired) electrons. The Labute approximate surface area is 131 Å². The first-order chi connectivity index (χ1) is 10.4. The molecule has 0 spiro atoms. The Hall–Kier alpha value is -1.85. The van der Waals surface area contributed by atoms with Crippen molar-refractivity contribution in [1.82, 2.24) is 14.5 Å². The summed E-state index contributed by atoms with van der Waals surface area (Å²) in [5.41, 5.74) is 6.84. The number of alkyl halides is 1. The second-order valence-corrected chi connectivity index (χ2v) is 6.17. The van der Waals surface area contributed by atoms with E-state index >= 15 is 0 Å². The van der Waals surface area contributed by atoms with E-state index in [1.165, 1.54) is 6.33 Å². The van der Waals surface area contributed by atoms with Gasteiger partial charge in [-0.1, -0.05) is 5.92 Å². The number of nitrogens with zero attached hydrogens (tertiary/aromatic N) is 3. The maximum Gasteiger partial charge on any atom is 0.157 e. The Morgan fingerprint density at radius 3 is 2.91 bits per heavy atom. The minimum atomic E-state index is -1.16. The van der Waals surface area contributed by atoms with Crippen LogP contribution in [-0.2, 0) is 4.74 Å². The fraction of sp³-hybridized carbons (Fsp3) is 0.429. The summed E-state index contributed by atoms with van der Waals surface area (Å²) in [6, 6.07) is 0. The maximum atomic E-state index is 10.2. The number of terminal acetylenes is 1. The maximum absolute atomic E-state index is 10.2. The molecule has 0 bridgehead atoms. The summed E-state index contributed by atoms with van der Waals surface area (Å²) in [6.45, 7) is 1.28. The van der Waals surface area contributed by atoms with Crippen molar-refractivity contribution in [2.24, 2.45) is 0 Å². The molecule has 1 saturated heterocycles. The zero-order valence-electron chi connectivity index (χ0n) is 11.8. The van der Waals surface area contributed by atoms with Gasteiger partial charge in [0.15, 0.2) is 6.23 Å². The minimum absolute atomic E-state index is 0.255. The molecule has 7 nitrogen and oxygen atoms in total. The summed E-state index contributed by atoms with van der Waals surface area (Å²) < 4.78 is 7.31. The van der Waals surface area contributed by atoms with E-state index < -0.39 is 23.3 Å². The molecular weight excluding hydrogens is 308 g/mol. The first kappa shape index (κ1) is 15.1. The van der Waals surface area contributed by atoms with Gasteiger partial charge < -0.3 is 25.3 Å². The number of rotatable bonds is 2. The molecule has 4 atom stereocenters. The molecule has 0 unspecified atom stereocenters. The van der Waals surface area contributed by atoms with Crippen LogP contribution in [0, 0.1) is 12.3 Å². The number of fused-ring (bicyclic) bond motifs is 1. The van der Waals surface area contributed by atoms with Gasteiger partial charge in [0, 0.05) is 6.20 Å². The van der Waals surface area contributed by atoms with Crippen molar-refractivity contribution in [2.75, 3.05) is 12.3 Å². The second-order valence-electron chi connectivity index (χ2n) is 5.36. The number of aliphatic hydroxyl groups excluding tert-OH is 2. The largest absolute Gasteiger partial charge is 0.394 e. The summed E-state index contributed by atoms with van der Waals surface area (Å²) in [6.07, 6.45) is 5.85. The monoisotopic (exact) mass is 322 g/mol. The van der Waals surface area contributed by atoms with E-state index in [4.69, 9.17) is 28.5 Å². The van der Waals surface area contributed by atoms with Crippen molar-refractivity contribution < 1.29 is 14.9 Å². The van der Waals surface area contributed by atoms with Crippen molar-refractivity contribution >= 4 is 28.5 Å². The van der Waals surface area contributed by atoms with Crippen molar-refractivity contribution in [3.63, 3.8) is 0 Å². The van der Waals surface area contributed by atoms with Crippen LogP contribution in [0.5, 0.6) is 0 Å². The highest BCUT2D eigenvalue weighted by Crippen LogP contribution is 2.44. The number of anilines is 1. The summed E-state index contributed by atoms with van der Waals surface area (Å²) >= 11 is 6.45. The lowest BCUT2D eigenvalue weighted by molar-refractivity contribution is -0.0439. The van der Waals surface area contributed by atoms with Gasteiger partial charge in [-0.25, -0.2) is 9.97 Å². The van der Waals surface area contributed by atoms with E-state index in [-0.39, 0.29) is 12.4 Å². The van der Waals surface area contributed by atoms with Crippen molar-refractivity contribution in [2.45, 2.75) is 30.2 Å². The molecule has 116 valence electrons. The van der Waals surface area contributed by atoms with E-state index in [9.17, 15) is 10.2 Å². The Balaban J connectivity index is 2.20. The Morgan fingerprint density at radius 2 is 2.32 bits per heavy atom. The van der Waals surface area contributed by atoms with Crippen LogP contribution in [0.3, 0.4) is 0 Å². The zero-order chi connectivity index (χ0) is 16.1. The van der Waals surface area contributed by atoms with Crippen molar-refractivity contribution in [1.29, 1.82) is 0 Å². The predicted octanol–water partition coefficient (Wildman–Crippen LogP) is 0.243. The highest BCUT2D eigenvalue weighted by molar-refractivity contribution is 6.24. The first-order valence-corrected chi connectivity index (χ1v) is 7.00. The van der Waals surface area contributed by atoms with Gasteiger partial charge in [0.05, 0.1) is 17.6 Å². The Bertz CT molecular complexity index is 767. The van der Waals surface area contributed by atoms with Gasteiger partial charge in [0.25, 0.3) is 0 Å². The molecule has 1 fully saturated rings. The van der Waals surface area contributed by atoms with Crippen LogP contribution in [0.15, 0.2) is 12.5 Å². The van der Waals surface area contributed by atoms with E-state index in [1.54, 1.807) is 17.7 Å². The number of hydrogen-bond acceptors (Lipinski definition) is 6. The molecule has 0 aromatic carbocycles. The SMILES string of the molecule is C#Cc1cn([C@@H]2O[C@H](CO)[C@@H](O)[C@@]2(C)Cl)c2ncnc(N)c12. The third-order valence-corrected chi connectivity index (χ3v) is 4.35. The molecule has 2 aromatic heterocycles. The highest BCUT2D eigenvalue weighted by Gasteiger charge is 2.53. The van der Waals surface area contributed by atoms with Crippen LogP contribution in [0.1, 0.15) is 18.7 Å². The van der Waals surface area contributed by atoms with Crippen LogP contribution in [-0.4, -0.2) is 48.4 Å². The fourth-order valence-corrected chi connectivity index (χ4v) is 3.06. The smallest absolute Gasteiger partial charge is 0.157 e. The normalized spacial score (nSPS) is 31.5. The summed E-state index contributed by atoms with van der Waals surface area (Å²) in [4.78, 5) is 6.96. The van der Waals surface area contributed by atoms with Crippen molar-refractivity contribution in [3.8, 4) is 12.3 Å². The number of halogens is 1. The fourth-order valence-electron chi connectivity index (χ4n) is 2.76. The van der Waals surface area contributed by atoms with Gasteiger partial charge >= 0.3 is 0 Å². The average molecular weight is 323 g/mol. The Kier molecular flexibility index (Phi) is 3.50. The quantitative estimate of drug-likeness (QED) is 0.540. The first-order valence-electron chi connectivity index (χ1n) is 6.62. The average Bonchev–Trinajstić information content (AvgIpc) is 2.97. The summed E-state index contributed by atoms with van der Waals surface area (Å²) in [5.74, 6) is 2.78. The van der Waals surface area contributed by atoms with E-state index in [0.29, 0.717) is 16.6 Å². The number of hydrogen-bond donors (Lipinski definition) is 3. The van der Waals surface area contributed by atoms with Gasteiger partial charge in [0.1, 0.15) is 34.9 Å². The van der Waals surface area contributed by atoms with Crippen LogP contribution >= 0.6 is 11.6 Å². The van der Waals surface area contributed by atoms with E-state index in [0.717, 1.165) is 0 Å². The van der Waals surface area contributed by atoms with E-state index in [1.807, 2.05) is 0 Å². The minimum Gasteiger partial charge on any atom is -0.394 e. The molecule has 8 heteroatoms. The Morgan fingerprint density at radius 1 is 1.59 bits per heavy atom. The van der Waals surface area contributed by atoms with Crippen LogP contribution < -0.4 is 5.73 Å². The van der Waals surface area contributed by atoms with Gasteiger partial charge in [-0.05, 0) is 6.92 Å². The molecule has 0 amide bonds. The molecule has 1 aliphatic heterocycles. The van der Waals surface area contributed by atoms with Crippen molar-refractivity contribution in [3.05, 3.63) is 18.1 Å². The third-order valence-electron chi connectivity index (χ3n) is 3.94. The number of aromatic nitrogens is 3. The molecule has 1 aliphatic rings. The van der Waals surface area contributed by atoms with Gasteiger partial charge in [-0.3, -0.25) is 0 Å². The molecule has 4 N–H and O–H groups in total. The van der Waals surface area contributed by atoms with Gasteiger partial charge in [-0.15, -0.1) is 18.0 Å². The van der Waals surface area contributed by atoms with Crippen LogP contribution in [0.2, 0.25) is 0 Å². The third kappa shape index (κ3) is 1.96. The highest BCUT2D eigenvalue weighted by atomic mass is 35.5. The van der Waals surface area contributed by atoms with E-state index in [2.05, 4.69) is 15.9 Å². The standard InChI is InChI=1S/C14H15ClN4O3/c1-3-7-4-19(12-9(7)11(16)17-6-18-12)13-14(2,15)10(21)8(5-20)22-13/h1,4,6,8,10,13,20-21H,5H2,2H3,(H2,16,17,18)/t8-,10-,13-,14-/m1/s1. The lowest BCUT2D eigenvalue weighted by atomic mass is 10.0. The number of ether oxygens (including phenoxy) is 1.